The minimum absolute atomic E-state index is 0.195. The largest absolute Gasteiger partial charge is 0.481 e. The van der Waals surface area contributed by atoms with E-state index in [0.717, 1.165) is 18.6 Å². The van der Waals surface area contributed by atoms with E-state index in [4.69, 9.17) is 15.3 Å². The van der Waals surface area contributed by atoms with Crippen LogP contribution in [0, 0.1) is 5.41 Å². The maximum atomic E-state index is 10.8. The molecule has 0 radical (unpaired) electrons. The van der Waals surface area contributed by atoms with Crippen LogP contribution in [-0.4, -0.2) is 45.5 Å². The number of carboxylic acids is 1. The van der Waals surface area contributed by atoms with Crippen molar-refractivity contribution < 1.29 is 20.1 Å². The normalized spacial score (nSPS) is 13.8. The Labute approximate surface area is 101 Å². The summed E-state index contributed by atoms with van der Waals surface area (Å²) in [5, 5.41) is 26.5. The zero-order valence-corrected chi connectivity index (χ0v) is 10.8. The third-order valence-corrected chi connectivity index (χ3v) is 3.64. The molecule has 0 aromatic rings. The van der Waals surface area contributed by atoms with Crippen LogP contribution < -0.4 is 0 Å². The Hall–Kier alpha value is -0.260. The summed E-state index contributed by atoms with van der Waals surface area (Å²) in [6, 6.07) is 0. The Morgan fingerprint density at radius 3 is 2.50 bits per heavy atom. The highest BCUT2D eigenvalue weighted by Gasteiger charge is 2.25. The Bertz CT molecular complexity index is 206. The quantitative estimate of drug-likeness (QED) is 0.538. The topological polar surface area (TPSA) is 77.8 Å². The first kappa shape index (κ1) is 15.7. The highest BCUT2D eigenvalue weighted by Crippen LogP contribution is 2.23. The first-order valence-electron chi connectivity index (χ1n) is 5.50. The molecular formula is C11H22O4S. The van der Waals surface area contributed by atoms with Gasteiger partial charge in [-0.05, 0) is 32.4 Å². The summed E-state index contributed by atoms with van der Waals surface area (Å²) < 4.78 is 0. The molecule has 0 aliphatic carbocycles. The SMILES string of the molecule is CC(C)(CCCCSCC(O)CO)C(=O)O. The molecule has 0 bridgehead atoms. The number of aliphatic hydroxyl groups is 2. The highest BCUT2D eigenvalue weighted by molar-refractivity contribution is 7.99. The molecule has 16 heavy (non-hydrogen) atoms. The number of unbranched alkanes of at least 4 members (excludes halogenated alkanes) is 1. The van der Waals surface area contributed by atoms with Gasteiger partial charge in [-0.3, -0.25) is 4.79 Å². The third kappa shape index (κ3) is 7.09. The number of aliphatic hydroxyl groups excluding tert-OH is 2. The van der Waals surface area contributed by atoms with E-state index < -0.39 is 17.5 Å². The summed E-state index contributed by atoms with van der Waals surface area (Å²) in [5.74, 6) is 0.682. The molecule has 0 heterocycles. The summed E-state index contributed by atoms with van der Waals surface area (Å²) in [5.41, 5.74) is -0.644. The average Bonchev–Trinajstić information content (AvgIpc) is 2.22. The molecule has 0 amide bonds. The monoisotopic (exact) mass is 250 g/mol. The summed E-state index contributed by atoms with van der Waals surface area (Å²) in [7, 11) is 0. The fourth-order valence-electron chi connectivity index (χ4n) is 1.15. The highest BCUT2D eigenvalue weighted by atomic mass is 32.2. The van der Waals surface area contributed by atoms with Crippen molar-refractivity contribution in [2.75, 3.05) is 18.1 Å². The summed E-state index contributed by atoms with van der Waals surface area (Å²) in [6.07, 6.45) is 1.85. The van der Waals surface area contributed by atoms with Gasteiger partial charge in [-0.2, -0.15) is 11.8 Å². The fourth-order valence-corrected chi connectivity index (χ4v) is 2.10. The molecule has 0 saturated heterocycles. The lowest BCUT2D eigenvalue weighted by atomic mass is 9.88. The minimum atomic E-state index is -0.754. The van der Waals surface area contributed by atoms with Crippen molar-refractivity contribution >= 4 is 17.7 Å². The summed E-state index contributed by atoms with van der Waals surface area (Å²) >= 11 is 1.59. The standard InChI is InChI=1S/C11H22O4S/c1-11(2,10(14)15)5-3-4-6-16-8-9(13)7-12/h9,12-13H,3-8H2,1-2H3,(H,14,15). The van der Waals surface area contributed by atoms with Gasteiger partial charge in [-0.1, -0.05) is 6.42 Å². The van der Waals surface area contributed by atoms with Crippen molar-refractivity contribution in [1.29, 1.82) is 0 Å². The van der Waals surface area contributed by atoms with Crippen LogP contribution in [-0.2, 0) is 4.79 Å². The lowest BCUT2D eigenvalue weighted by Crippen LogP contribution is -2.23. The smallest absolute Gasteiger partial charge is 0.309 e. The second-order valence-electron chi connectivity index (χ2n) is 4.56. The van der Waals surface area contributed by atoms with Crippen molar-refractivity contribution in [1.82, 2.24) is 0 Å². The van der Waals surface area contributed by atoms with Gasteiger partial charge in [0.1, 0.15) is 0 Å². The first-order valence-corrected chi connectivity index (χ1v) is 6.65. The number of thioether (sulfide) groups is 1. The molecule has 0 spiro atoms. The van der Waals surface area contributed by atoms with E-state index in [2.05, 4.69) is 0 Å². The molecule has 96 valence electrons. The molecule has 1 atom stereocenters. The van der Waals surface area contributed by atoms with Gasteiger partial charge in [-0.15, -0.1) is 0 Å². The van der Waals surface area contributed by atoms with Gasteiger partial charge < -0.3 is 15.3 Å². The van der Waals surface area contributed by atoms with E-state index in [0.29, 0.717) is 12.2 Å². The van der Waals surface area contributed by atoms with Crippen molar-refractivity contribution in [3.63, 3.8) is 0 Å². The number of aliphatic carboxylic acids is 1. The molecule has 5 heteroatoms. The molecule has 0 aromatic carbocycles. The molecule has 0 aromatic heterocycles. The molecule has 4 nitrogen and oxygen atoms in total. The number of hydrogen-bond donors (Lipinski definition) is 3. The number of carboxylic acid groups (broad SMARTS) is 1. The predicted octanol–water partition coefficient (Wildman–Crippen LogP) is 1.35. The van der Waals surface area contributed by atoms with E-state index >= 15 is 0 Å². The molecular weight excluding hydrogens is 228 g/mol. The van der Waals surface area contributed by atoms with Gasteiger partial charge in [-0.25, -0.2) is 0 Å². The first-order chi connectivity index (χ1) is 7.40. The molecule has 0 fully saturated rings. The van der Waals surface area contributed by atoms with Crippen LogP contribution in [0.15, 0.2) is 0 Å². The Kier molecular flexibility index (Phi) is 7.80. The number of carbonyl (C=O) groups is 1. The van der Waals surface area contributed by atoms with E-state index in [1.807, 2.05) is 0 Å². The maximum Gasteiger partial charge on any atom is 0.309 e. The van der Waals surface area contributed by atoms with Crippen LogP contribution in [0.3, 0.4) is 0 Å². The van der Waals surface area contributed by atoms with Gasteiger partial charge >= 0.3 is 5.97 Å². The van der Waals surface area contributed by atoms with Crippen molar-refractivity contribution in [3.8, 4) is 0 Å². The summed E-state index contributed by atoms with van der Waals surface area (Å²) in [4.78, 5) is 10.8. The maximum absolute atomic E-state index is 10.8. The van der Waals surface area contributed by atoms with Crippen LogP contribution in [0.5, 0.6) is 0 Å². The Morgan fingerprint density at radius 2 is 2.00 bits per heavy atom. The van der Waals surface area contributed by atoms with Crippen molar-refractivity contribution in [2.45, 2.75) is 39.2 Å². The third-order valence-electron chi connectivity index (χ3n) is 2.44. The molecule has 0 aliphatic rings. The molecule has 0 rings (SSSR count). The van der Waals surface area contributed by atoms with Crippen LogP contribution in [0.2, 0.25) is 0 Å². The van der Waals surface area contributed by atoms with Gasteiger partial charge in [0, 0.05) is 5.75 Å². The van der Waals surface area contributed by atoms with E-state index in [1.54, 1.807) is 25.6 Å². The van der Waals surface area contributed by atoms with Crippen molar-refractivity contribution in [3.05, 3.63) is 0 Å². The second kappa shape index (κ2) is 7.92. The number of hydrogen-bond acceptors (Lipinski definition) is 4. The van der Waals surface area contributed by atoms with Gasteiger partial charge in [0.2, 0.25) is 0 Å². The lowest BCUT2D eigenvalue weighted by molar-refractivity contribution is -0.147. The van der Waals surface area contributed by atoms with Gasteiger partial charge in [0.05, 0.1) is 18.1 Å². The molecule has 0 saturated carbocycles. The van der Waals surface area contributed by atoms with Crippen LogP contribution in [0.1, 0.15) is 33.1 Å². The van der Waals surface area contributed by atoms with E-state index in [-0.39, 0.29) is 6.61 Å². The van der Waals surface area contributed by atoms with Crippen molar-refractivity contribution in [2.24, 2.45) is 5.41 Å². The van der Waals surface area contributed by atoms with Crippen LogP contribution >= 0.6 is 11.8 Å². The molecule has 0 aliphatic heterocycles. The lowest BCUT2D eigenvalue weighted by Gasteiger charge is -2.18. The predicted molar refractivity (Wildman–Crippen MR) is 65.7 cm³/mol. The summed E-state index contributed by atoms with van der Waals surface area (Å²) in [6.45, 7) is 3.27. The molecule has 1 unspecified atom stereocenters. The zero-order chi connectivity index (χ0) is 12.6. The fraction of sp³-hybridized carbons (Fsp3) is 0.909. The Balaban J connectivity index is 3.44. The van der Waals surface area contributed by atoms with Gasteiger partial charge in [0.15, 0.2) is 0 Å². The number of rotatable bonds is 9. The van der Waals surface area contributed by atoms with Crippen LogP contribution in [0.25, 0.3) is 0 Å². The second-order valence-corrected chi connectivity index (χ2v) is 5.71. The zero-order valence-electron chi connectivity index (χ0n) is 9.98. The van der Waals surface area contributed by atoms with E-state index in [9.17, 15) is 4.79 Å². The van der Waals surface area contributed by atoms with E-state index in [1.165, 1.54) is 0 Å². The minimum Gasteiger partial charge on any atom is -0.481 e. The van der Waals surface area contributed by atoms with Crippen LogP contribution in [0.4, 0.5) is 0 Å². The van der Waals surface area contributed by atoms with Gasteiger partial charge in [0.25, 0.3) is 0 Å². The molecule has 3 N–H and O–H groups in total. The Morgan fingerprint density at radius 1 is 1.38 bits per heavy atom. The average molecular weight is 250 g/mol.